The van der Waals surface area contributed by atoms with Crippen LogP contribution in [0.1, 0.15) is 15.9 Å². The van der Waals surface area contributed by atoms with Gasteiger partial charge in [0, 0.05) is 11.1 Å². The number of alkyl halides is 3. The van der Waals surface area contributed by atoms with E-state index in [0.717, 1.165) is 18.2 Å². The van der Waals surface area contributed by atoms with Gasteiger partial charge >= 0.3 is 6.18 Å². The van der Waals surface area contributed by atoms with Crippen LogP contribution in [0.2, 0.25) is 0 Å². The highest BCUT2D eigenvalue weighted by atomic mass is 32.2. The quantitative estimate of drug-likeness (QED) is 0.641. The summed E-state index contributed by atoms with van der Waals surface area (Å²) in [5, 5.41) is 0. The van der Waals surface area contributed by atoms with Gasteiger partial charge in [-0.05, 0) is 42.0 Å². The van der Waals surface area contributed by atoms with E-state index in [1.54, 1.807) is 36.4 Å². The molecular formula is C21H16F3NO4S. The summed E-state index contributed by atoms with van der Waals surface area (Å²) in [6.07, 6.45) is -4.71. The second-order valence-corrected chi connectivity index (χ2v) is 7.92. The van der Waals surface area contributed by atoms with E-state index < -0.39 is 32.6 Å². The molecule has 0 unspecified atom stereocenters. The van der Waals surface area contributed by atoms with Gasteiger partial charge in [0.05, 0.1) is 17.6 Å². The lowest BCUT2D eigenvalue weighted by Crippen LogP contribution is -2.30. The molecule has 0 aliphatic rings. The molecule has 3 aromatic carbocycles. The molecule has 0 saturated carbocycles. The number of benzene rings is 3. The normalized spacial score (nSPS) is 11.7. The van der Waals surface area contributed by atoms with Crippen molar-refractivity contribution >= 4 is 15.9 Å². The maximum absolute atomic E-state index is 12.9. The molecular weight excluding hydrogens is 419 g/mol. The van der Waals surface area contributed by atoms with Gasteiger partial charge in [-0.15, -0.1) is 0 Å². The minimum Gasteiger partial charge on any atom is -0.496 e. The Labute approximate surface area is 171 Å². The fourth-order valence-electron chi connectivity index (χ4n) is 2.79. The van der Waals surface area contributed by atoms with Crippen LogP contribution in [0.4, 0.5) is 13.2 Å². The first-order valence-corrected chi connectivity index (χ1v) is 10.1. The smallest absolute Gasteiger partial charge is 0.416 e. The van der Waals surface area contributed by atoms with Gasteiger partial charge in [-0.25, -0.2) is 13.1 Å². The molecule has 1 N–H and O–H groups in total. The number of amides is 1. The molecule has 0 heterocycles. The highest BCUT2D eigenvalue weighted by Crippen LogP contribution is 2.31. The number of hydrogen-bond acceptors (Lipinski definition) is 4. The monoisotopic (exact) mass is 435 g/mol. The van der Waals surface area contributed by atoms with E-state index in [0.29, 0.717) is 22.9 Å². The summed E-state index contributed by atoms with van der Waals surface area (Å²) in [6.45, 7) is 0. The number of methoxy groups -OCH3 is 1. The molecule has 3 aromatic rings. The zero-order valence-corrected chi connectivity index (χ0v) is 16.4. The van der Waals surface area contributed by atoms with Crippen LogP contribution in [0.15, 0.2) is 77.7 Å². The molecule has 0 radical (unpaired) electrons. The minimum absolute atomic E-state index is 0.0222. The van der Waals surface area contributed by atoms with Crippen LogP contribution >= 0.6 is 0 Å². The Morgan fingerprint density at radius 2 is 1.63 bits per heavy atom. The topological polar surface area (TPSA) is 72.5 Å². The summed E-state index contributed by atoms with van der Waals surface area (Å²) in [5.41, 5.74) is 0.192. The summed E-state index contributed by atoms with van der Waals surface area (Å²) < 4.78 is 70.5. The Morgan fingerprint density at radius 3 is 2.33 bits per heavy atom. The Kier molecular flexibility index (Phi) is 5.84. The molecule has 0 spiro atoms. The number of carbonyl (C=O) groups excluding carboxylic acids is 1. The number of ether oxygens (including phenoxy) is 1. The van der Waals surface area contributed by atoms with Crippen molar-refractivity contribution in [3.8, 4) is 16.9 Å². The maximum atomic E-state index is 12.9. The second-order valence-electron chi connectivity index (χ2n) is 6.24. The van der Waals surface area contributed by atoms with E-state index in [4.69, 9.17) is 4.74 Å². The van der Waals surface area contributed by atoms with Crippen molar-refractivity contribution in [2.75, 3.05) is 7.11 Å². The number of carbonyl (C=O) groups is 1. The molecule has 0 saturated heterocycles. The lowest BCUT2D eigenvalue weighted by molar-refractivity contribution is -0.137. The zero-order chi connectivity index (χ0) is 21.9. The molecule has 0 fully saturated rings. The Hall–Kier alpha value is -3.33. The van der Waals surface area contributed by atoms with Gasteiger partial charge in [-0.1, -0.05) is 36.4 Å². The molecule has 0 bridgehead atoms. The number of sulfonamides is 1. The van der Waals surface area contributed by atoms with E-state index in [1.807, 2.05) is 4.72 Å². The first kappa shape index (κ1) is 21.4. The zero-order valence-electron chi connectivity index (χ0n) is 15.6. The Bertz CT molecular complexity index is 1190. The summed E-state index contributed by atoms with van der Waals surface area (Å²) in [6, 6.07) is 16.4. The van der Waals surface area contributed by atoms with Gasteiger partial charge in [-0.2, -0.15) is 13.2 Å². The van der Waals surface area contributed by atoms with Gasteiger partial charge in [0.15, 0.2) is 0 Å². The molecule has 1 amide bonds. The van der Waals surface area contributed by atoms with Crippen molar-refractivity contribution in [3.63, 3.8) is 0 Å². The second kappa shape index (κ2) is 8.19. The molecule has 0 aliphatic carbocycles. The van der Waals surface area contributed by atoms with Crippen molar-refractivity contribution in [3.05, 3.63) is 83.9 Å². The Morgan fingerprint density at radius 1 is 0.933 bits per heavy atom. The molecule has 0 aliphatic heterocycles. The van der Waals surface area contributed by atoms with E-state index in [-0.39, 0.29) is 5.56 Å². The van der Waals surface area contributed by atoms with E-state index in [1.165, 1.54) is 19.2 Å². The first-order valence-electron chi connectivity index (χ1n) is 8.60. The molecule has 156 valence electrons. The summed E-state index contributed by atoms with van der Waals surface area (Å²) in [7, 11) is -3.01. The van der Waals surface area contributed by atoms with Gasteiger partial charge < -0.3 is 4.74 Å². The summed E-state index contributed by atoms with van der Waals surface area (Å²) in [5.74, 6) is -0.407. The number of rotatable bonds is 5. The van der Waals surface area contributed by atoms with Gasteiger partial charge in [0.2, 0.25) is 0 Å². The first-order chi connectivity index (χ1) is 14.1. The predicted octanol–water partition coefficient (Wildman–Crippen LogP) is 4.50. The molecule has 3 rings (SSSR count). The third-order valence-electron chi connectivity index (χ3n) is 4.24. The Balaban J connectivity index is 1.89. The largest absolute Gasteiger partial charge is 0.496 e. The van der Waals surface area contributed by atoms with Crippen molar-refractivity contribution in [1.82, 2.24) is 4.72 Å². The fourth-order valence-corrected chi connectivity index (χ4v) is 3.81. The van der Waals surface area contributed by atoms with Crippen LogP contribution in [-0.4, -0.2) is 21.4 Å². The maximum Gasteiger partial charge on any atom is 0.416 e. The molecule has 30 heavy (non-hydrogen) atoms. The number of nitrogens with one attached hydrogen (secondary N) is 1. The van der Waals surface area contributed by atoms with Gasteiger partial charge in [-0.3, -0.25) is 4.79 Å². The van der Waals surface area contributed by atoms with E-state index in [2.05, 4.69) is 0 Å². The van der Waals surface area contributed by atoms with Gasteiger partial charge in [0.25, 0.3) is 15.9 Å². The molecule has 0 aromatic heterocycles. The van der Waals surface area contributed by atoms with Crippen LogP contribution in [-0.2, 0) is 16.2 Å². The lowest BCUT2D eigenvalue weighted by atomic mass is 10.0. The van der Waals surface area contributed by atoms with Crippen LogP contribution in [0.25, 0.3) is 11.1 Å². The fraction of sp³-hybridized carbons (Fsp3) is 0.0952. The summed E-state index contributed by atoms with van der Waals surface area (Å²) >= 11 is 0. The highest BCUT2D eigenvalue weighted by molar-refractivity contribution is 7.90. The van der Waals surface area contributed by atoms with E-state index in [9.17, 15) is 26.4 Å². The molecule has 9 heteroatoms. The van der Waals surface area contributed by atoms with Gasteiger partial charge in [0.1, 0.15) is 5.75 Å². The number of hydrogen-bond donors (Lipinski definition) is 1. The van der Waals surface area contributed by atoms with Crippen LogP contribution in [0, 0.1) is 0 Å². The highest BCUT2D eigenvalue weighted by Gasteiger charge is 2.32. The standard InChI is InChI=1S/C21H16F3NO4S/c1-29-19-11-3-2-10-18(19)14-6-4-7-15(12-14)20(26)25-30(27,28)17-9-5-8-16(13-17)21(22,23)24/h2-13H,1H3,(H,25,26). The van der Waals surface area contributed by atoms with Crippen LogP contribution in [0.5, 0.6) is 5.75 Å². The van der Waals surface area contributed by atoms with Crippen LogP contribution in [0.3, 0.4) is 0 Å². The molecule has 0 atom stereocenters. The summed E-state index contributed by atoms with van der Waals surface area (Å²) in [4.78, 5) is 11.8. The third-order valence-corrected chi connectivity index (χ3v) is 5.57. The van der Waals surface area contributed by atoms with Crippen LogP contribution < -0.4 is 9.46 Å². The third kappa shape index (κ3) is 4.62. The number of para-hydroxylation sites is 1. The lowest BCUT2D eigenvalue weighted by Gasteiger charge is -2.12. The average molecular weight is 435 g/mol. The van der Waals surface area contributed by atoms with Crippen molar-refractivity contribution in [2.24, 2.45) is 0 Å². The van der Waals surface area contributed by atoms with E-state index >= 15 is 0 Å². The molecule has 5 nitrogen and oxygen atoms in total. The average Bonchev–Trinajstić information content (AvgIpc) is 2.73. The van der Waals surface area contributed by atoms with Crippen molar-refractivity contribution < 1.29 is 31.1 Å². The number of halogens is 3. The van der Waals surface area contributed by atoms with Crippen molar-refractivity contribution in [2.45, 2.75) is 11.1 Å². The minimum atomic E-state index is -4.71. The predicted molar refractivity (Wildman–Crippen MR) is 105 cm³/mol. The van der Waals surface area contributed by atoms with Crippen molar-refractivity contribution in [1.29, 1.82) is 0 Å². The SMILES string of the molecule is COc1ccccc1-c1cccc(C(=O)NS(=O)(=O)c2cccc(C(F)(F)F)c2)c1.